The van der Waals surface area contributed by atoms with E-state index in [-0.39, 0.29) is 6.42 Å². The summed E-state index contributed by atoms with van der Waals surface area (Å²) in [5.41, 5.74) is 0. The number of nitrogens with one attached hydrogen (secondary N) is 1. The second kappa shape index (κ2) is 32.1. The van der Waals surface area contributed by atoms with Crippen molar-refractivity contribution in [3.05, 3.63) is 36.5 Å². The van der Waals surface area contributed by atoms with Crippen LogP contribution in [0.1, 0.15) is 174 Å². The lowest BCUT2D eigenvalue weighted by atomic mass is 10.0. The zero-order valence-electron chi connectivity index (χ0n) is 29.6. The third-order valence-corrected chi connectivity index (χ3v) is 9.18. The van der Waals surface area contributed by atoms with E-state index in [1.165, 1.54) is 96.0 Å². The molecule has 3 unspecified atom stereocenters. The summed E-state index contributed by atoms with van der Waals surface area (Å²) in [7, 11) is -4.44. The molecule has 0 aliphatic heterocycles. The van der Waals surface area contributed by atoms with E-state index in [2.05, 4.69) is 43.5 Å². The molecule has 3 atom stereocenters. The number of carbonyl (C=O) groups is 1. The van der Waals surface area contributed by atoms with E-state index in [1.54, 1.807) is 6.08 Å². The van der Waals surface area contributed by atoms with Crippen LogP contribution < -0.4 is 5.32 Å². The van der Waals surface area contributed by atoms with E-state index in [1.807, 2.05) is 0 Å². The molecule has 0 bridgehead atoms. The normalized spacial score (nSPS) is 14.5. The smallest absolute Gasteiger partial charge is 0.267 e. The zero-order chi connectivity index (χ0) is 34.1. The van der Waals surface area contributed by atoms with Crippen LogP contribution in [0.5, 0.6) is 0 Å². The van der Waals surface area contributed by atoms with E-state index >= 15 is 0 Å². The van der Waals surface area contributed by atoms with E-state index in [4.69, 9.17) is 0 Å². The molecule has 0 rings (SSSR count). The van der Waals surface area contributed by atoms with Gasteiger partial charge >= 0.3 is 0 Å². The second-order valence-corrected chi connectivity index (χ2v) is 14.5. The molecular weight excluding hydrogens is 598 g/mol. The number of rotatable bonds is 33. The molecule has 0 saturated heterocycles. The Balaban J connectivity index is 3.96. The van der Waals surface area contributed by atoms with Crippen molar-refractivity contribution in [3.8, 4) is 0 Å². The minimum Gasteiger partial charge on any atom is -0.387 e. The average Bonchev–Trinajstić information content (AvgIpc) is 3.01. The molecular formula is C38H71NO6S. The first-order valence-corrected chi connectivity index (χ1v) is 20.4. The Morgan fingerprint density at radius 1 is 0.587 bits per heavy atom. The Morgan fingerprint density at radius 3 is 1.50 bits per heavy atom. The quantitative estimate of drug-likeness (QED) is 0.0313. The first-order valence-electron chi connectivity index (χ1n) is 18.8. The van der Waals surface area contributed by atoms with Crippen LogP contribution in [0, 0.1) is 0 Å². The van der Waals surface area contributed by atoms with Gasteiger partial charge in [-0.05, 0) is 51.4 Å². The number of carbonyl (C=O) groups excluding carboxylic acids is 1. The summed E-state index contributed by atoms with van der Waals surface area (Å²) in [5, 5.41) is 23.2. The summed E-state index contributed by atoms with van der Waals surface area (Å²) in [5.74, 6) is -1.57. The lowest BCUT2D eigenvalue weighted by molar-refractivity contribution is -0.130. The molecule has 0 heterocycles. The zero-order valence-corrected chi connectivity index (χ0v) is 30.4. The summed E-state index contributed by atoms with van der Waals surface area (Å²) >= 11 is 0. The van der Waals surface area contributed by atoms with Crippen molar-refractivity contribution in [1.29, 1.82) is 0 Å². The molecule has 0 aromatic rings. The molecule has 0 spiro atoms. The minimum absolute atomic E-state index is 0.266. The molecule has 0 aromatic carbocycles. The number of unbranched alkanes of at least 4 members (excludes halogenated alkanes) is 20. The summed E-state index contributed by atoms with van der Waals surface area (Å²) < 4.78 is 32.2. The van der Waals surface area contributed by atoms with Crippen molar-refractivity contribution in [2.45, 2.75) is 193 Å². The van der Waals surface area contributed by atoms with E-state index < -0.39 is 40.0 Å². The Hall–Kier alpha value is -1.48. The molecule has 0 fully saturated rings. The van der Waals surface area contributed by atoms with Gasteiger partial charge in [-0.15, -0.1) is 0 Å². The molecule has 46 heavy (non-hydrogen) atoms. The molecule has 4 N–H and O–H groups in total. The van der Waals surface area contributed by atoms with Gasteiger partial charge in [0.15, 0.2) is 0 Å². The maximum absolute atomic E-state index is 12.5. The number of hydrogen-bond donors (Lipinski definition) is 4. The van der Waals surface area contributed by atoms with E-state index in [9.17, 15) is 28.0 Å². The highest BCUT2D eigenvalue weighted by Gasteiger charge is 2.27. The predicted molar refractivity (Wildman–Crippen MR) is 195 cm³/mol. The van der Waals surface area contributed by atoms with Crippen LogP contribution in [0.3, 0.4) is 0 Å². The largest absolute Gasteiger partial charge is 0.387 e. The van der Waals surface area contributed by atoms with Gasteiger partial charge in [0, 0.05) is 0 Å². The first-order chi connectivity index (χ1) is 22.2. The maximum Gasteiger partial charge on any atom is 0.267 e. The van der Waals surface area contributed by atoms with Gasteiger partial charge < -0.3 is 15.5 Å². The van der Waals surface area contributed by atoms with Crippen molar-refractivity contribution in [1.82, 2.24) is 5.32 Å². The average molecular weight is 670 g/mol. The minimum atomic E-state index is -4.44. The van der Waals surface area contributed by atoms with E-state index in [0.717, 1.165) is 51.4 Å². The van der Waals surface area contributed by atoms with Gasteiger partial charge in [-0.25, -0.2) is 0 Å². The molecule has 0 saturated carbocycles. The fourth-order valence-corrected chi connectivity index (χ4v) is 6.19. The Morgan fingerprint density at radius 2 is 1.00 bits per heavy atom. The molecule has 0 radical (unpaired) electrons. The topological polar surface area (TPSA) is 124 Å². The highest BCUT2D eigenvalue weighted by atomic mass is 32.2. The fourth-order valence-electron chi connectivity index (χ4n) is 5.45. The highest BCUT2D eigenvalue weighted by molar-refractivity contribution is 7.85. The van der Waals surface area contributed by atoms with Gasteiger partial charge in [0.05, 0.1) is 17.9 Å². The number of allylic oxidation sites excluding steroid dienone is 5. The third kappa shape index (κ3) is 31.1. The summed E-state index contributed by atoms with van der Waals surface area (Å²) in [4.78, 5) is 12.5. The van der Waals surface area contributed by atoms with Gasteiger partial charge in [-0.3, -0.25) is 9.35 Å². The van der Waals surface area contributed by atoms with Crippen LogP contribution in [-0.4, -0.2) is 53.1 Å². The van der Waals surface area contributed by atoms with Gasteiger partial charge in [0.25, 0.3) is 10.1 Å². The first kappa shape index (κ1) is 44.5. The highest BCUT2D eigenvalue weighted by Crippen LogP contribution is 2.14. The van der Waals surface area contributed by atoms with Crippen molar-refractivity contribution < 1.29 is 28.0 Å². The van der Waals surface area contributed by atoms with Crippen molar-refractivity contribution in [2.75, 3.05) is 5.75 Å². The molecule has 0 aliphatic rings. The molecule has 1 amide bonds. The van der Waals surface area contributed by atoms with E-state index in [0.29, 0.717) is 12.8 Å². The van der Waals surface area contributed by atoms with Crippen LogP contribution >= 0.6 is 0 Å². The fraction of sp³-hybridized carbons (Fsp3) is 0.816. The number of hydrogen-bond acceptors (Lipinski definition) is 5. The van der Waals surface area contributed by atoms with Crippen molar-refractivity contribution >= 4 is 16.0 Å². The molecule has 0 aromatic heterocycles. The van der Waals surface area contributed by atoms with Gasteiger partial charge in [-0.2, -0.15) is 8.42 Å². The number of aliphatic hydroxyl groups is 2. The lowest BCUT2D eigenvalue weighted by Crippen LogP contribution is -2.50. The summed E-state index contributed by atoms with van der Waals surface area (Å²) in [6.45, 7) is 4.41. The standard InChI is InChI=1S/C38H71NO6S/c1-3-5-7-9-11-13-14-15-16-17-18-19-20-21-22-23-24-25-27-29-31-33-37(41)38(42)39-35(34-46(43,44)45)36(40)32-30-28-26-12-10-8-6-4-2/h10,12,20-21,30,32,35-37,40-41H,3-9,11,13-19,22-29,31,33-34H2,1-2H3,(H,39,42)(H,43,44,45)/b12-10+,21-20-,32-30+. The van der Waals surface area contributed by atoms with Crippen LogP contribution in [0.4, 0.5) is 0 Å². The van der Waals surface area contributed by atoms with Crippen molar-refractivity contribution in [2.24, 2.45) is 0 Å². The predicted octanol–water partition coefficient (Wildman–Crippen LogP) is 9.54. The summed E-state index contributed by atoms with van der Waals surface area (Å²) in [6, 6.07) is -1.25. The van der Waals surface area contributed by atoms with Crippen LogP contribution in [0.2, 0.25) is 0 Å². The second-order valence-electron chi connectivity index (χ2n) is 13.0. The summed E-state index contributed by atoms with van der Waals surface area (Å²) in [6.07, 6.45) is 38.0. The molecule has 8 heteroatoms. The van der Waals surface area contributed by atoms with Crippen molar-refractivity contribution in [3.63, 3.8) is 0 Å². The van der Waals surface area contributed by atoms with Crippen LogP contribution in [-0.2, 0) is 14.9 Å². The monoisotopic (exact) mass is 670 g/mol. The van der Waals surface area contributed by atoms with Crippen LogP contribution in [0.25, 0.3) is 0 Å². The Bertz CT molecular complexity index is 886. The Labute approximate surface area is 283 Å². The SMILES string of the molecule is CCCC/C=C/CC/C=C/C(O)C(CS(=O)(=O)O)NC(=O)C(O)CCCCCCCC/C=C\CCCCCCCCCCCCC. The molecule has 0 aliphatic carbocycles. The lowest BCUT2D eigenvalue weighted by Gasteiger charge is -2.22. The van der Waals surface area contributed by atoms with Gasteiger partial charge in [-0.1, -0.05) is 159 Å². The molecule has 7 nitrogen and oxygen atoms in total. The third-order valence-electron chi connectivity index (χ3n) is 8.40. The molecule has 270 valence electrons. The van der Waals surface area contributed by atoms with Crippen LogP contribution in [0.15, 0.2) is 36.5 Å². The number of aliphatic hydroxyl groups excluding tert-OH is 2. The van der Waals surface area contributed by atoms with Gasteiger partial charge in [0.1, 0.15) is 6.10 Å². The maximum atomic E-state index is 12.5. The van der Waals surface area contributed by atoms with Gasteiger partial charge in [0.2, 0.25) is 5.91 Å². The number of amides is 1. The Kier molecular flexibility index (Phi) is 31.1.